The molecule has 1 amide bonds. The van der Waals surface area contributed by atoms with Crippen LogP contribution in [0.5, 0.6) is 0 Å². The van der Waals surface area contributed by atoms with Crippen LogP contribution in [-0.2, 0) is 11.3 Å². The number of hydrogen-bond donors (Lipinski definition) is 1. The number of benzene rings is 1. The molecule has 2 rings (SSSR count). The molecule has 0 aliphatic heterocycles. The summed E-state index contributed by atoms with van der Waals surface area (Å²) in [6, 6.07) is 5.40. The molecule has 0 saturated heterocycles. The van der Waals surface area contributed by atoms with Crippen molar-refractivity contribution in [3.63, 3.8) is 0 Å². The van der Waals surface area contributed by atoms with E-state index < -0.39 is 11.8 Å². The van der Waals surface area contributed by atoms with Gasteiger partial charge in [-0.05, 0) is 30.7 Å². The lowest BCUT2D eigenvalue weighted by atomic mass is 10.2. The molecule has 1 heterocycles. The molecule has 0 bridgehead atoms. The van der Waals surface area contributed by atoms with Crippen LogP contribution < -0.4 is 11.4 Å². The van der Waals surface area contributed by atoms with Crippen molar-refractivity contribution in [1.82, 2.24) is 14.3 Å². The predicted octanol–water partition coefficient (Wildman–Crippen LogP) is 2.05. The van der Waals surface area contributed by atoms with Gasteiger partial charge in [0.2, 0.25) is 0 Å². The van der Waals surface area contributed by atoms with Gasteiger partial charge in [-0.25, -0.2) is 23.2 Å². The fourth-order valence-corrected chi connectivity index (χ4v) is 2.12. The van der Waals surface area contributed by atoms with E-state index in [1.165, 1.54) is 10.9 Å². The fourth-order valence-electron chi connectivity index (χ4n) is 1.87. The van der Waals surface area contributed by atoms with Gasteiger partial charge in [-0.1, -0.05) is 15.9 Å². The minimum Gasteiger partial charge on any atom is -0.445 e. The third-order valence-electron chi connectivity index (χ3n) is 3.06. The van der Waals surface area contributed by atoms with Crippen LogP contribution in [-0.4, -0.2) is 27.0 Å². The average molecular weight is 385 g/mol. The molecule has 0 unspecified atom stereocenters. The quantitative estimate of drug-likeness (QED) is 0.853. The highest BCUT2D eigenvalue weighted by Gasteiger charge is 2.11. The Bertz CT molecular complexity index is 813. The van der Waals surface area contributed by atoms with Gasteiger partial charge in [0.15, 0.2) is 0 Å². The molecule has 0 atom stereocenters. The van der Waals surface area contributed by atoms with Crippen molar-refractivity contribution in [2.24, 2.45) is 5.73 Å². The number of rotatable bonds is 5. The second-order valence-corrected chi connectivity index (χ2v) is 5.60. The lowest BCUT2D eigenvalue weighted by molar-refractivity contribution is 0.164. The first-order chi connectivity index (χ1) is 10.9. The molecule has 23 heavy (non-hydrogen) atoms. The lowest BCUT2D eigenvalue weighted by Crippen LogP contribution is -2.26. The van der Waals surface area contributed by atoms with Crippen molar-refractivity contribution in [2.75, 3.05) is 6.61 Å². The van der Waals surface area contributed by atoms with Gasteiger partial charge in [0.05, 0.1) is 18.6 Å². The number of hydrogen-bond acceptors (Lipinski definition) is 4. The molecule has 2 N–H and O–H groups in total. The summed E-state index contributed by atoms with van der Waals surface area (Å²) in [7, 11) is 0. The molecule has 1 aromatic heterocycles. The molecular formula is C14H14BrFN4O3. The highest BCUT2D eigenvalue weighted by molar-refractivity contribution is 9.10. The zero-order chi connectivity index (χ0) is 17.0. The number of nitrogens with two attached hydrogens (primary N) is 1. The number of primary amides is 1. The van der Waals surface area contributed by atoms with E-state index in [9.17, 15) is 14.0 Å². The van der Waals surface area contributed by atoms with E-state index in [0.717, 1.165) is 14.7 Å². The van der Waals surface area contributed by atoms with Crippen LogP contribution in [0.15, 0.2) is 45.7 Å². The molecule has 0 spiro atoms. The van der Waals surface area contributed by atoms with Crippen molar-refractivity contribution in [1.29, 1.82) is 0 Å². The van der Waals surface area contributed by atoms with Crippen LogP contribution in [0.3, 0.4) is 0 Å². The second kappa shape index (κ2) is 7.23. The molecule has 0 radical (unpaired) electrons. The zero-order valence-corrected chi connectivity index (χ0v) is 13.8. The summed E-state index contributed by atoms with van der Waals surface area (Å²) >= 11 is 3.39. The molecule has 1 aromatic carbocycles. The molecule has 0 aliphatic rings. The Labute approximate surface area is 139 Å². The Hall–Kier alpha value is -2.42. The maximum Gasteiger partial charge on any atom is 0.404 e. The summed E-state index contributed by atoms with van der Waals surface area (Å²) in [5, 5.41) is 3.94. The summed E-state index contributed by atoms with van der Waals surface area (Å²) in [5.41, 5.74) is 6.04. The maximum atomic E-state index is 12.8. The van der Waals surface area contributed by atoms with E-state index in [0.29, 0.717) is 5.69 Å². The van der Waals surface area contributed by atoms with E-state index in [4.69, 9.17) is 5.73 Å². The van der Waals surface area contributed by atoms with E-state index in [1.807, 2.05) is 19.1 Å². The molecule has 2 aromatic rings. The molecular weight excluding hydrogens is 371 g/mol. The van der Waals surface area contributed by atoms with Gasteiger partial charge < -0.3 is 10.5 Å². The van der Waals surface area contributed by atoms with Crippen LogP contribution in [0.1, 0.15) is 5.56 Å². The highest BCUT2D eigenvalue weighted by Crippen LogP contribution is 2.18. The molecule has 9 heteroatoms. The number of nitrogens with zero attached hydrogens (tertiary/aromatic N) is 3. The summed E-state index contributed by atoms with van der Waals surface area (Å²) in [4.78, 5) is 22.9. The fraction of sp³-hybridized carbons (Fsp3) is 0.214. The number of aryl methyl sites for hydroxylation is 1. The Kier molecular flexibility index (Phi) is 5.32. The highest BCUT2D eigenvalue weighted by atomic mass is 79.9. The molecule has 0 saturated carbocycles. The number of amides is 1. The van der Waals surface area contributed by atoms with Crippen molar-refractivity contribution >= 4 is 22.0 Å². The van der Waals surface area contributed by atoms with Crippen LogP contribution in [0, 0.1) is 6.92 Å². The minimum absolute atomic E-state index is 0.0585. The normalized spacial score (nSPS) is 11.5. The third kappa shape index (κ3) is 4.07. The number of aromatic nitrogens is 3. The van der Waals surface area contributed by atoms with Crippen LogP contribution in [0.4, 0.5) is 9.18 Å². The van der Waals surface area contributed by atoms with Gasteiger partial charge in [0, 0.05) is 10.0 Å². The first-order valence-corrected chi connectivity index (χ1v) is 7.33. The van der Waals surface area contributed by atoms with Crippen LogP contribution >= 0.6 is 15.9 Å². The van der Waals surface area contributed by atoms with Crippen molar-refractivity contribution < 1.29 is 13.9 Å². The van der Waals surface area contributed by atoms with E-state index in [2.05, 4.69) is 25.8 Å². The number of carbonyl (C=O) groups excluding carboxylic acids is 1. The summed E-state index contributed by atoms with van der Waals surface area (Å²) in [6.45, 7) is 1.40. The average Bonchev–Trinajstić information content (AvgIpc) is 2.87. The van der Waals surface area contributed by atoms with Gasteiger partial charge in [0.25, 0.3) is 0 Å². The van der Waals surface area contributed by atoms with Gasteiger partial charge in [-0.3, -0.25) is 0 Å². The van der Waals surface area contributed by atoms with E-state index in [-0.39, 0.29) is 25.1 Å². The number of carbonyl (C=O) groups is 1. The van der Waals surface area contributed by atoms with Crippen LogP contribution in [0.2, 0.25) is 0 Å². The van der Waals surface area contributed by atoms with Gasteiger partial charge in [0.1, 0.15) is 12.9 Å². The minimum atomic E-state index is -1.02. The first-order valence-electron chi connectivity index (χ1n) is 6.53. The second-order valence-electron chi connectivity index (χ2n) is 4.75. The van der Waals surface area contributed by atoms with Crippen LogP contribution in [0.25, 0.3) is 5.69 Å². The molecule has 7 nitrogen and oxygen atoms in total. The smallest absolute Gasteiger partial charge is 0.404 e. The Balaban J connectivity index is 2.23. The van der Waals surface area contributed by atoms with Gasteiger partial charge in [-0.2, -0.15) is 5.10 Å². The third-order valence-corrected chi connectivity index (χ3v) is 3.95. The Morgan fingerprint density at radius 2 is 2.26 bits per heavy atom. The largest absolute Gasteiger partial charge is 0.445 e. The van der Waals surface area contributed by atoms with E-state index >= 15 is 0 Å². The molecule has 0 fully saturated rings. The Morgan fingerprint density at radius 3 is 2.87 bits per heavy atom. The summed E-state index contributed by atoms with van der Waals surface area (Å²) < 4.78 is 20.6. The van der Waals surface area contributed by atoms with E-state index in [1.54, 1.807) is 6.07 Å². The van der Waals surface area contributed by atoms with Gasteiger partial charge in [-0.15, -0.1) is 0 Å². The molecule has 122 valence electrons. The SMILES string of the molecule is Cc1cc(-n2cnn(CC(=CF)COC(N)=O)c2=O)ccc1Br. The lowest BCUT2D eigenvalue weighted by Gasteiger charge is -2.05. The summed E-state index contributed by atoms with van der Waals surface area (Å²) in [6.07, 6.45) is 0.584. The zero-order valence-electron chi connectivity index (χ0n) is 12.2. The van der Waals surface area contributed by atoms with Crippen molar-refractivity contribution in [2.45, 2.75) is 13.5 Å². The van der Waals surface area contributed by atoms with Crippen molar-refractivity contribution in [3.8, 4) is 5.69 Å². The standard InChI is InChI=1S/C14H14BrFN4O3/c1-9-4-11(2-3-12(9)15)19-8-18-20(14(19)22)6-10(5-16)7-23-13(17)21/h2-5,8H,6-7H2,1H3,(H2,17,21). The maximum absolute atomic E-state index is 12.8. The van der Waals surface area contributed by atoms with Gasteiger partial charge >= 0.3 is 11.8 Å². The number of halogens is 2. The predicted molar refractivity (Wildman–Crippen MR) is 85.0 cm³/mol. The first kappa shape index (κ1) is 16.9. The Morgan fingerprint density at radius 1 is 1.52 bits per heavy atom. The topological polar surface area (TPSA) is 92.1 Å². The summed E-state index contributed by atoms with van der Waals surface area (Å²) in [5.74, 6) is 0. The number of ether oxygens (including phenoxy) is 1. The molecule has 0 aliphatic carbocycles. The monoisotopic (exact) mass is 384 g/mol. The van der Waals surface area contributed by atoms with Crippen molar-refractivity contribution in [3.05, 3.63) is 56.9 Å².